The summed E-state index contributed by atoms with van der Waals surface area (Å²) in [5, 5.41) is 1.69. The van der Waals surface area contributed by atoms with Crippen LogP contribution >= 0.6 is 23.6 Å². The predicted octanol–water partition coefficient (Wildman–Crippen LogP) is 5.42. The molecule has 0 bridgehead atoms. The van der Waals surface area contributed by atoms with Gasteiger partial charge in [0, 0.05) is 5.56 Å². The molecule has 1 aromatic carbocycles. The van der Waals surface area contributed by atoms with Crippen LogP contribution in [0.2, 0.25) is 0 Å². The first-order chi connectivity index (χ1) is 13.0. The average Bonchev–Trinajstić information content (AvgIpc) is 3.15. The number of rotatable bonds is 3. The molecule has 0 amide bonds. The molecule has 3 aromatic heterocycles. The van der Waals surface area contributed by atoms with Crippen LogP contribution in [-0.4, -0.2) is 14.5 Å². The van der Waals surface area contributed by atoms with E-state index in [-0.39, 0.29) is 21.4 Å². The van der Waals surface area contributed by atoms with E-state index in [4.69, 9.17) is 12.2 Å². The summed E-state index contributed by atoms with van der Waals surface area (Å²) in [6.07, 6.45) is -2.82. The Balaban J connectivity index is 2.18. The van der Waals surface area contributed by atoms with Crippen LogP contribution in [0.1, 0.15) is 17.6 Å². The third-order valence-electron chi connectivity index (χ3n) is 4.16. The minimum atomic E-state index is -2.82. The zero-order valence-corrected chi connectivity index (χ0v) is 15.7. The fraction of sp³-hybridized carbons (Fsp3) is 0.105. The number of halogens is 2. The quantitative estimate of drug-likeness (QED) is 0.467. The molecule has 8 heteroatoms. The lowest BCUT2D eigenvalue weighted by Gasteiger charge is -2.14. The molecular formula is C19H13F2N3OS2. The Kier molecular flexibility index (Phi) is 4.45. The van der Waals surface area contributed by atoms with E-state index in [1.165, 1.54) is 22.0 Å². The number of fused-ring (bicyclic) bond motifs is 1. The number of benzene rings is 1. The van der Waals surface area contributed by atoms with Crippen LogP contribution in [0, 0.1) is 11.7 Å². The lowest BCUT2D eigenvalue weighted by atomic mass is 10.1. The zero-order chi connectivity index (χ0) is 19.1. The minimum absolute atomic E-state index is 0.106. The summed E-state index contributed by atoms with van der Waals surface area (Å²) in [6, 6.07) is 12.3. The van der Waals surface area contributed by atoms with Gasteiger partial charge in [0.15, 0.2) is 10.4 Å². The Labute approximate surface area is 161 Å². The number of hydrogen-bond acceptors (Lipinski definition) is 4. The number of thiophene rings is 1. The van der Waals surface area contributed by atoms with Crippen LogP contribution in [-0.2, 0) is 0 Å². The van der Waals surface area contributed by atoms with E-state index in [9.17, 15) is 13.6 Å². The fourth-order valence-corrected chi connectivity index (χ4v) is 3.96. The third-order valence-corrected chi connectivity index (χ3v) is 5.34. The van der Waals surface area contributed by atoms with Crippen molar-refractivity contribution in [2.24, 2.45) is 0 Å². The second-order valence-electron chi connectivity index (χ2n) is 6.01. The number of aryl methyl sites for hydroxylation is 1. The molecule has 0 aliphatic carbocycles. The summed E-state index contributed by atoms with van der Waals surface area (Å²) in [6.45, 7) is 1.91. The van der Waals surface area contributed by atoms with E-state index in [1.807, 2.05) is 36.6 Å². The summed E-state index contributed by atoms with van der Waals surface area (Å²) < 4.78 is 29.2. The van der Waals surface area contributed by atoms with Gasteiger partial charge in [-0.3, -0.25) is 14.3 Å². The molecule has 4 nitrogen and oxygen atoms in total. The first-order valence-corrected chi connectivity index (χ1v) is 9.33. The Bertz CT molecular complexity index is 1260. The lowest BCUT2D eigenvalue weighted by Crippen LogP contribution is -2.17. The van der Waals surface area contributed by atoms with Crippen molar-refractivity contribution in [3.05, 3.63) is 74.1 Å². The highest BCUT2D eigenvalue weighted by molar-refractivity contribution is 7.71. The van der Waals surface area contributed by atoms with E-state index in [2.05, 4.69) is 9.97 Å². The van der Waals surface area contributed by atoms with Crippen LogP contribution in [0.5, 0.6) is 0 Å². The summed E-state index contributed by atoms with van der Waals surface area (Å²) >= 11 is 6.72. The highest BCUT2D eigenvalue weighted by Crippen LogP contribution is 2.32. The molecular weight excluding hydrogens is 388 g/mol. The normalized spacial score (nSPS) is 11.4. The second kappa shape index (κ2) is 6.79. The highest BCUT2D eigenvalue weighted by atomic mass is 32.1. The molecule has 0 spiro atoms. The van der Waals surface area contributed by atoms with Gasteiger partial charge < -0.3 is 0 Å². The van der Waals surface area contributed by atoms with Crippen LogP contribution in [0.15, 0.2) is 52.6 Å². The largest absolute Gasteiger partial charge is 0.298 e. The van der Waals surface area contributed by atoms with Gasteiger partial charge in [0.2, 0.25) is 0 Å². The Hall–Kier alpha value is -2.71. The molecule has 3 heterocycles. The lowest BCUT2D eigenvalue weighted by molar-refractivity contribution is 0.153. The minimum Gasteiger partial charge on any atom is -0.298 e. The van der Waals surface area contributed by atoms with E-state index in [0.29, 0.717) is 11.4 Å². The van der Waals surface area contributed by atoms with E-state index in [1.54, 1.807) is 12.1 Å². The molecule has 0 fully saturated rings. The van der Waals surface area contributed by atoms with Gasteiger partial charge in [0.05, 0.1) is 21.6 Å². The van der Waals surface area contributed by atoms with E-state index < -0.39 is 12.0 Å². The van der Waals surface area contributed by atoms with Crippen LogP contribution in [0.3, 0.4) is 0 Å². The average molecular weight is 401 g/mol. The first-order valence-electron chi connectivity index (χ1n) is 8.05. The van der Waals surface area contributed by atoms with Crippen molar-refractivity contribution in [3.63, 3.8) is 0 Å². The highest BCUT2D eigenvalue weighted by Gasteiger charge is 2.21. The van der Waals surface area contributed by atoms with Crippen molar-refractivity contribution in [2.75, 3.05) is 0 Å². The molecule has 136 valence electrons. The monoisotopic (exact) mass is 401 g/mol. The van der Waals surface area contributed by atoms with Crippen LogP contribution in [0.4, 0.5) is 8.78 Å². The third kappa shape index (κ3) is 3.11. The molecule has 4 aromatic rings. The molecule has 0 radical (unpaired) electrons. The van der Waals surface area contributed by atoms with Crippen molar-refractivity contribution in [3.8, 4) is 16.3 Å². The summed E-state index contributed by atoms with van der Waals surface area (Å²) in [5.74, 6) is 0. The van der Waals surface area contributed by atoms with Gasteiger partial charge in [-0.15, -0.1) is 11.3 Å². The van der Waals surface area contributed by atoms with Crippen molar-refractivity contribution >= 4 is 34.6 Å². The van der Waals surface area contributed by atoms with Crippen LogP contribution in [0.25, 0.3) is 27.3 Å². The fourth-order valence-electron chi connectivity index (χ4n) is 2.99. The van der Waals surface area contributed by atoms with E-state index >= 15 is 0 Å². The smallest absolute Gasteiger partial charge is 0.264 e. The van der Waals surface area contributed by atoms with E-state index in [0.717, 1.165) is 10.4 Å². The number of H-pyrrole nitrogens is 1. The Morgan fingerprint density at radius 3 is 2.70 bits per heavy atom. The molecule has 4 rings (SSSR count). The van der Waals surface area contributed by atoms with Gasteiger partial charge in [-0.2, -0.15) is 0 Å². The summed E-state index contributed by atoms with van der Waals surface area (Å²) in [5.41, 5.74) is 1.10. The van der Waals surface area contributed by atoms with Crippen molar-refractivity contribution < 1.29 is 8.78 Å². The maximum Gasteiger partial charge on any atom is 0.264 e. The van der Waals surface area contributed by atoms with Crippen molar-refractivity contribution in [1.29, 1.82) is 0 Å². The maximum absolute atomic E-state index is 13.8. The molecule has 0 aliphatic rings. The molecule has 0 atom stereocenters. The first kappa shape index (κ1) is 17.7. The number of hydrogen-bond donors (Lipinski definition) is 1. The number of nitrogens with zero attached hydrogens (tertiary/aromatic N) is 2. The van der Waals surface area contributed by atoms with Crippen LogP contribution < -0.4 is 5.56 Å². The van der Waals surface area contributed by atoms with Gasteiger partial charge in [-0.25, -0.2) is 13.8 Å². The number of alkyl halides is 2. The molecule has 0 aliphatic heterocycles. The standard InChI is InChI=1S/C19H13F2N3OS2/c1-10-4-2-5-11(8-10)24-17-15(18(25)23-19(24)26)12(16(20)21)9-13(22-17)14-6-3-7-27-14/h2-9,16H,1H3,(H,23,25,26). The molecule has 0 unspecified atom stereocenters. The number of nitrogens with one attached hydrogen (secondary N) is 1. The number of pyridine rings is 1. The number of aromatic nitrogens is 3. The SMILES string of the molecule is Cc1cccc(-n2c(=S)[nH]c(=O)c3c(C(F)F)cc(-c4cccs4)nc32)c1. The summed E-state index contributed by atoms with van der Waals surface area (Å²) in [7, 11) is 0. The zero-order valence-electron chi connectivity index (χ0n) is 14.1. The topological polar surface area (TPSA) is 50.7 Å². The van der Waals surface area contributed by atoms with Gasteiger partial charge in [0.1, 0.15) is 0 Å². The molecule has 0 saturated heterocycles. The Morgan fingerprint density at radius 2 is 2.04 bits per heavy atom. The summed E-state index contributed by atoms with van der Waals surface area (Å²) in [4.78, 5) is 20.2. The molecule has 1 N–H and O–H groups in total. The molecule has 27 heavy (non-hydrogen) atoms. The van der Waals surface area contributed by atoms with Gasteiger partial charge >= 0.3 is 0 Å². The molecule has 0 saturated carbocycles. The maximum atomic E-state index is 13.8. The second-order valence-corrected chi connectivity index (χ2v) is 7.34. The van der Waals surface area contributed by atoms with Gasteiger partial charge in [0.25, 0.3) is 12.0 Å². The Morgan fingerprint density at radius 1 is 1.22 bits per heavy atom. The number of aromatic amines is 1. The predicted molar refractivity (Wildman–Crippen MR) is 106 cm³/mol. The van der Waals surface area contributed by atoms with Gasteiger partial charge in [-0.1, -0.05) is 18.2 Å². The van der Waals surface area contributed by atoms with Crippen molar-refractivity contribution in [2.45, 2.75) is 13.3 Å². The van der Waals surface area contributed by atoms with Gasteiger partial charge in [-0.05, 0) is 54.4 Å². The van der Waals surface area contributed by atoms with Crippen molar-refractivity contribution in [1.82, 2.24) is 14.5 Å².